The molecule has 1 heteroatoms. The van der Waals surface area contributed by atoms with Crippen molar-refractivity contribution in [3.05, 3.63) is 35.9 Å². The van der Waals surface area contributed by atoms with Crippen LogP contribution in [0.2, 0.25) is 0 Å². The topological polar surface area (TPSA) is 12.4 Å². The highest BCUT2D eigenvalue weighted by Crippen LogP contribution is 2.14. The van der Waals surface area contributed by atoms with Gasteiger partial charge in [-0.15, -0.1) is 0 Å². The fourth-order valence-corrected chi connectivity index (χ4v) is 1.18. The van der Waals surface area contributed by atoms with Crippen molar-refractivity contribution in [3.63, 3.8) is 0 Å². The third-order valence-electron chi connectivity index (χ3n) is 2.03. The first kappa shape index (κ1) is 9.97. The lowest BCUT2D eigenvalue weighted by molar-refractivity contribution is 0.817. The highest BCUT2D eigenvalue weighted by Gasteiger charge is 1.98. The molecule has 0 aromatic heterocycles. The largest absolute Gasteiger partial charge is 0.290 e. The molecule has 0 heterocycles. The summed E-state index contributed by atoms with van der Waals surface area (Å²) >= 11 is 0. The molecule has 1 aromatic carbocycles. The van der Waals surface area contributed by atoms with Crippen LogP contribution in [-0.2, 0) is 0 Å². The smallest absolute Gasteiger partial charge is 0.0716 e. The van der Waals surface area contributed by atoms with Crippen molar-refractivity contribution in [1.29, 1.82) is 0 Å². The molecule has 0 spiro atoms. The Morgan fingerprint density at radius 1 is 1.31 bits per heavy atom. The number of unbranched alkanes of at least 4 members (excludes halogenated alkanes) is 1. The van der Waals surface area contributed by atoms with E-state index in [1.54, 1.807) is 0 Å². The quantitative estimate of drug-likeness (QED) is 0.620. The predicted octanol–water partition coefficient (Wildman–Crippen LogP) is 3.62. The van der Waals surface area contributed by atoms with Crippen LogP contribution in [0.25, 0.3) is 0 Å². The van der Waals surface area contributed by atoms with Crippen molar-refractivity contribution in [3.8, 4) is 0 Å². The van der Waals surface area contributed by atoms with Crippen LogP contribution in [0.1, 0.15) is 38.3 Å². The lowest BCUT2D eigenvalue weighted by Gasteiger charge is -2.04. The monoisotopic (exact) mass is 175 g/mol. The second-order valence-corrected chi connectivity index (χ2v) is 3.21. The summed E-state index contributed by atoms with van der Waals surface area (Å²) in [5.41, 5.74) is 1.29. The zero-order chi connectivity index (χ0) is 9.52. The molecule has 0 saturated carbocycles. The minimum absolute atomic E-state index is 0.299. The normalized spacial score (nSPS) is 13.4. The van der Waals surface area contributed by atoms with Gasteiger partial charge in [0.05, 0.1) is 6.04 Å². The van der Waals surface area contributed by atoms with E-state index in [4.69, 9.17) is 0 Å². The Kier molecular flexibility index (Phi) is 4.24. The first-order valence-electron chi connectivity index (χ1n) is 4.91. The molecule has 0 bridgehead atoms. The van der Waals surface area contributed by atoms with Gasteiger partial charge in [0, 0.05) is 0 Å². The predicted molar refractivity (Wildman–Crippen MR) is 58.3 cm³/mol. The minimum atomic E-state index is 0.299. The average molecular weight is 175 g/mol. The van der Waals surface area contributed by atoms with E-state index in [9.17, 15) is 0 Å². The molecule has 70 valence electrons. The fraction of sp³-hybridized carbons (Fsp3) is 0.417. The van der Waals surface area contributed by atoms with Crippen LogP contribution in [-0.4, -0.2) is 6.21 Å². The van der Waals surface area contributed by atoms with Crippen molar-refractivity contribution >= 4 is 6.21 Å². The number of benzene rings is 1. The molecule has 0 aliphatic carbocycles. The van der Waals surface area contributed by atoms with E-state index < -0.39 is 0 Å². The summed E-state index contributed by atoms with van der Waals surface area (Å²) in [6, 6.07) is 10.7. The molecule has 0 fully saturated rings. The van der Waals surface area contributed by atoms with E-state index in [-0.39, 0.29) is 0 Å². The number of hydrogen-bond acceptors (Lipinski definition) is 1. The maximum absolute atomic E-state index is 4.46. The highest BCUT2D eigenvalue weighted by molar-refractivity contribution is 5.57. The van der Waals surface area contributed by atoms with Crippen LogP contribution in [0, 0.1) is 0 Å². The zero-order valence-corrected chi connectivity index (χ0v) is 8.40. The number of aliphatic imine (C=N–C) groups is 1. The third-order valence-corrected chi connectivity index (χ3v) is 2.03. The number of rotatable bonds is 4. The SMILES string of the molecule is CCC/C=N/[C@@H](C)c1ccccc1. The fourth-order valence-electron chi connectivity index (χ4n) is 1.18. The molecule has 1 rings (SSSR count). The Morgan fingerprint density at radius 2 is 2.00 bits per heavy atom. The van der Waals surface area contributed by atoms with Crippen molar-refractivity contribution < 1.29 is 0 Å². The van der Waals surface area contributed by atoms with E-state index in [0.717, 1.165) is 6.42 Å². The Bertz CT molecular complexity index is 251. The molecule has 13 heavy (non-hydrogen) atoms. The molecular weight excluding hydrogens is 158 g/mol. The van der Waals surface area contributed by atoms with Gasteiger partial charge in [-0.25, -0.2) is 0 Å². The summed E-state index contributed by atoms with van der Waals surface area (Å²) in [7, 11) is 0. The van der Waals surface area contributed by atoms with Gasteiger partial charge >= 0.3 is 0 Å². The molecule has 0 saturated heterocycles. The maximum Gasteiger partial charge on any atom is 0.0716 e. The van der Waals surface area contributed by atoms with Crippen molar-refractivity contribution in [1.82, 2.24) is 0 Å². The summed E-state index contributed by atoms with van der Waals surface area (Å²) < 4.78 is 0. The maximum atomic E-state index is 4.46. The lowest BCUT2D eigenvalue weighted by atomic mass is 10.1. The van der Waals surface area contributed by atoms with Crippen LogP contribution < -0.4 is 0 Å². The molecule has 1 atom stereocenters. The average Bonchev–Trinajstić information content (AvgIpc) is 2.19. The Labute approximate surface area is 80.5 Å². The second kappa shape index (κ2) is 5.52. The molecule has 1 nitrogen and oxygen atoms in total. The third kappa shape index (κ3) is 3.41. The minimum Gasteiger partial charge on any atom is -0.290 e. The van der Waals surface area contributed by atoms with Gasteiger partial charge in [-0.1, -0.05) is 43.7 Å². The first-order chi connectivity index (χ1) is 6.34. The van der Waals surface area contributed by atoms with Gasteiger partial charge in [0.2, 0.25) is 0 Å². The van der Waals surface area contributed by atoms with E-state index >= 15 is 0 Å². The lowest BCUT2D eigenvalue weighted by Crippen LogP contribution is -1.89. The Balaban J connectivity index is 2.53. The highest BCUT2D eigenvalue weighted by atomic mass is 14.7. The summed E-state index contributed by atoms with van der Waals surface area (Å²) in [5.74, 6) is 0. The van der Waals surface area contributed by atoms with Gasteiger partial charge in [-0.2, -0.15) is 0 Å². The zero-order valence-electron chi connectivity index (χ0n) is 8.40. The first-order valence-corrected chi connectivity index (χ1v) is 4.91. The molecular formula is C12H17N. The standard InChI is InChI=1S/C12H17N/c1-3-4-10-13-11(2)12-8-6-5-7-9-12/h5-11H,3-4H2,1-2H3/b13-10+/t11-/m0/s1. The number of hydrogen-bond donors (Lipinski definition) is 0. The van der Waals surface area contributed by atoms with Gasteiger partial charge in [0.25, 0.3) is 0 Å². The van der Waals surface area contributed by atoms with Crippen molar-refractivity contribution in [2.24, 2.45) is 4.99 Å². The molecule has 0 unspecified atom stereocenters. The van der Waals surface area contributed by atoms with Gasteiger partial charge in [-0.05, 0) is 25.1 Å². The van der Waals surface area contributed by atoms with Gasteiger partial charge < -0.3 is 0 Å². The van der Waals surface area contributed by atoms with Gasteiger partial charge in [-0.3, -0.25) is 4.99 Å². The number of nitrogens with zero attached hydrogens (tertiary/aromatic N) is 1. The Hall–Kier alpha value is -1.11. The summed E-state index contributed by atoms with van der Waals surface area (Å²) in [6.07, 6.45) is 4.28. The summed E-state index contributed by atoms with van der Waals surface area (Å²) in [4.78, 5) is 4.46. The van der Waals surface area contributed by atoms with Crippen LogP contribution in [0.5, 0.6) is 0 Å². The molecule has 1 aromatic rings. The van der Waals surface area contributed by atoms with Crippen molar-refractivity contribution in [2.45, 2.75) is 32.7 Å². The van der Waals surface area contributed by atoms with E-state index in [0.29, 0.717) is 6.04 Å². The molecule has 0 N–H and O–H groups in total. The van der Waals surface area contributed by atoms with Crippen LogP contribution in [0.3, 0.4) is 0 Å². The summed E-state index contributed by atoms with van der Waals surface area (Å²) in [5, 5.41) is 0. The Morgan fingerprint density at radius 3 is 2.62 bits per heavy atom. The van der Waals surface area contributed by atoms with E-state index in [1.165, 1.54) is 12.0 Å². The van der Waals surface area contributed by atoms with Crippen molar-refractivity contribution in [2.75, 3.05) is 0 Å². The van der Waals surface area contributed by atoms with Crippen LogP contribution in [0.4, 0.5) is 0 Å². The van der Waals surface area contributed by atoms with E-state index in [2.05, 4.69) is 43.1 Å². The van der Waals surface area contributed by atoms with Crippen LogP contribution >= 0.6 is 0 Å². The molecule has 0 amide bonds. The van der Waals surface area contributed by atoms with Crippen LogP contribution in [0.15, 0.2) is 35.3 Å². The summed E-state index contributed by atoms with van der Waals surface area (Å²) in [6.45, 7) is 4.29. The molecule has 0 radical (unpaired) electrons. The second-order valence-electron chi connectivity index (χ2n) is 3.21. The van der Waals surface area contributed by atoms with Gasteiger partial charge in [0.15, 0.2) is 0 Å². The molecule has 0 aliphatic rings. The molecule has 0 aliphatic heterocycles. The van der Waals surface area contributed by atoms with E-state index in [1.807, 2.05) is 12.3 Å². The van der Waals surface area contributed by atoms with Gasteiger partial charge in [0.1, 0.15) is 0 Å².